The fraction of sp³-hybridized carbons (Fsp3) is 0.357. The van der Waals surface area contributed by atoms with Gasteiger partial charge in [-0.15, -0.1) is 0 Å². The summed E-state index contributed by atoms with van der Waals surface area (Å²) in [7, 11) is -3.09. The molecule has 0 atom stereocenters. The third-order valence-electron chi connectivity index (χ3n) is 3.35. The van der Waals surface area contributed by atoms with Crippen LogP contribution in [-0.4, -0.2) is 29.3 Å². The maximum atomic E-state index is 10.9. The minimum atomic E-state index is -3.09. The van der Waals surface area contributed by atoms with Crippen LogP contribution in [0.2, 0.25) is 0 Å². The molecule has 1 aromatic rings. The molecule has 2 rings (SSSR count). The molecular weight excluding hydrogens is 263 g/mol. The number of carbonyl (C=O) groups excluding carboxylic acids is 1. The molecule has 104 valence electrons. The van der Waals surface area contributed by atoms with E-state index in [9.17, 15) is 9.69 Å². The van der Waals surface area contributed by atoms with Crippen molar-refractivity contribution in [1.82, 2.24) is 0 Å². The van der Waals surface area contributed by atoms with Gasteiger partial charge in [-0.2, -0.15) is 0 Å². The van der Waals surface area contributed by atoms with E-state index < -0.39 is 7.06 Å². The Balaban J connectivity index is 2.13. The van der Waals surface area contributed by atoms with Crippen LogP contribution in [0.1, 0.15) is 13.8 Å². The fourth-order valence-corrected chi connectivity index (χ4v) is 4.97. The number of allylic oxidation sites excluding steroid dienone is 2. The van der Waals surface area contributed by atoms with Crippen molar-refractivity contribution < 1.29 is 18.9 Å². The second kappa shape index (κ2) is 4.95. The first-order valence-corrected chi connectivity index (χ1v) is 8.99. The summed E-state index contributed by atoms with van der Waals surface area (Å²) >= 11 is 0. The Morgan fingerprint density at radius 1 is 1.21 bits per heavy atom. The standard InChI is InChI=1S/C14H19O4P/c1-3-19(16,10-4-5-11-19)18-14-8-6-13(7-9-14)17-12(2)15/h4-9,16H,3,10-11H2,1-2H3. The van der Waals surface area contributed by atoms with Gasteiger partial charge in [-0.05, 0) is 0 Å². The molecule has 1 aliphatic rings. The van der Waals surface area contributed by atoms with Gasteiger partial charge in [0.1, 0.15) is 0 Å². The van der Waals surface area contributed by atoms with Gasteiger partial charge in [0.15, 0.2) is 0 Å². The monoisotopic (exact) mass is 282 g/mol. The van der Waals surface area contributed by atoms with Crippen LogP contribution in [-0.2, 0) is 4.79 Å². The van der Waals surface area contributed by atoms with Crippen LogP contribution < -0.4 is 9.26 Å². The third-order valence-corrected chi connectivity index (χ3v) is 7.54. The zero-order valence-electron chi connectivity index (χ0n) is 11.2. The molecule has 1 N–H and O–H groups in total. The molecule has 1 aromatic carbocycles. The zero-order chi connectivity index (χ0) is 14.0. The molecule has 0 spiro atoms. The van der Waals surface area contributed by atoms with E-state index in [4.69, 9.17) is 9.26 Å². The van der Waals surface area contributed by atoms with Gasteiger partial charge < -0.3 is 0 Å². The van der Waals surface area contributed by atoms with Crippen molar-refractivity contribution in [3.8, 4) is 11.5 Å². The molecule has 1 aliphatic heterocycles. The number of esters is 1. The molecule has 19 heavy (non-hydrogen) atoms. The van der Waals surface area contributed by atoms with E-state index in [-0.39, 0.29) is 5.97 Å². The molecule has 0 radical (unpaired) electrons. The topological polar surface area (TPSA) is 55.8 Å². The van der Waals surface area contributed by atoms with E-state index in [1.54, 1.807) is 24.3 Å². The van der Waals surface area contributed by atoms with Crippen LogP contribution in [0.25, 0.3) is 0 Å². The molecule has 0 bridgehead atoms. The predicted octanol–water partition coefficient (Wildman–Crippen LogP) is 2.96. The summed E-state index contributed by atoms with van der Waals surface area (Å²) in [6.07, 6.45) is 5.80. The van der Waals surface area contributed by atoms with Gasteiger partial charge in [0.05, 0.1) is 0 Å². The molecular formula is C14H19O4P. The normalized spacial score (nSPS) is 21.3. The summed E-state index contributed by atoms with van der Waals surface area (Å²) in [5.74, 6) is 0.732. The van der Waals surface area contributed by atoms with Crippen molar-refractivity contribution in [2.75, 3.05) is 18.5 Å². The number of benzene rings is 1. The summed E-state index contributed by atoms with van der Waals surface area (Å²) in [6, 6.07) is 6.77. The number of carbonyl (C=O) groups is 1. The van der Waals surface area contributed by atoms with E-state index in [1.807, 2.05) is 19.1 Å². The maximum absolute atomic E-state index is 10.9. The summed E-state index contributed by atoms with van der Waals surface area (Å²) in [4.78, 5) is 21.7. The Kier molecular flexibility index (Phi) is 3.66. The van der Waals surface area contributed by atoms with E-state index in [2.05, 4.69) is 0 Å². The first-order valence-electron chi connectivity index (χ1n) is 6.33. The van der Waals surface area contributed by atoms with E-state index in [0.717, 1.165) is 0 Å². The Hall–Kier alpha value is -1.38. The molecule has 0 aromatic heterocycles. The number of hydrogen-bond donors (Lipinski definition) is 1. The van der Waals surface area contributed by atoms with E-state index in [0.29, 0.717) is 30.0 Å². The summed E-state index contributed by atoms with van der Waals surface area (Å²) < 4.78 is 10.9. The molecule has 0 amide bonds. The molecule has 0 saturated carbocycles. The molecule has 0 fully saturated rings. The predicted molar refractivity (Wildman–Crippen MR) is 76.9 cm³/mol. The molecule has 5 heteroatoms. The van der Waals surface area contributed by atoms with E-state index in [1.165, 1.54) is 6.92 Å². The van der Waals surface area contributed by atoms with Crippen LogP contribution in [0.5, 0.6) is 11.5 Å². The number of ether oxygens (including phenoxy) is 1. The molecule has 4 nitrogen and oxygen atoms in total. The van der Waals surface area contributed by atoms with Crippen LogP contribution in [0.4, 0.5) is 0 Å². The van der Waals surface area contributed by atoms with Gasteiger partial charge in [0, 0.05) is 0 Å². The van der Waals surface area contributed by atoms with Crippen molar-refractivity contribution >= 4 is 13.0 Å². The van der Waals surface area contributed by atoms with Gasteiger partial charge >= 0.3 is 112 Å². The second-order valence-electron chi connectivity index (χ2n) is 4.87. The van der Waals surface area contributed by atoms with Crippen LogP contribution in [0.15, 0.2) is 36.4 Å². The van der Waals surface area contributed by atoms with Gasteiger partial charge in [-0.3, -0.25) is 0 Å². The molecule has 1 heterocycles. The Labute approximate surface area is 113 Å². The summed E-state index contributed by atoms with van der Waals surface area (Å²) in [6.45, 7) is 3.31. The molecule has 0 unspecified atom stereocenters. The Bertz CT molecular complexity index is 499. The van der Waals surface area contributed by atoms with Crippen molar-refractivity contribution in [2.45, 2.75) is 13.8 Å². The quantitative estimate of drug-likeness (QED) is 0.399. The van der Waals surface area contributed by atoms with E-state index >= 15 is 0 Å². The van der Waals surface area contributed by atoms with Gasteiger partial charge in [0.25, 0.3) is 0 Å². The van der Waals surface area contributed by atoms with Crippen molar-refractivity contribution in [3.05, 3.63) is 36.4 Å². The third kappa shape index (κ3) is 3.14. The first kappa shape index (κ1) is 14.0. The SMILES string of the molecule is CCP1(O)(Oc2ccc(OC(C)=O)cc2)CC=CC1. The Morgan fingerprint density at radius 2 is 1.74 bits per heavy atom. The van der Waals surface area contributed by atoms with Gasteiger partial charge in [-0.25, -0.2) is 0 Å². The van der Waals surface area contributed by atoms with Crippen LogP contribution >= 0.6 is 7.06 Å². The summed E-state index contributed by atoms with van der Waals surface area (Å²) in [5.41, 5.74) is 0. The molecule has 0 aliphatic carbocycles. The fourth-order valence-electron chi connectivity index (χ4n) is 2.10. The Morgan fingerprint density at radius 3 is 2.21 bits per heavy atom. The van der Waals surface area contributed by atoms with Gasteiger partial charge in [-0.1, -0.05) is 0 Å². The number of rotatable bonds is 4. The van der Waals surface area contributed by atoms with Crippen molar-refractivity contribution in [2.24, 2.45) is 0 Å². The zero-order valence-corrected chi connectivity index (χ0v) is 12.1. The average Bonchev–Trinajstić information content (AvgIpc) is 2.76. The minimum absolute atomic E-state index is 0.355. The van der Waals surface area contributed by atoms with Crippen LogP contribution in [0, 0.1) is 0 Å². The second-order valence-corrected chi connectivity index (χ2v) is 9.55. The molecule has 0 saturated heterocycles. The van der Waals surface area contributed by atoms with Crippen LogP contribution in [0.3, 0.4) is 0 Å². The first-order chi connectivity index (χ1) is 8.93. The number of hydrogen-bond acceptors (Lipinski definition) is 4. The summed E-state index contributed by atoms with van der Waals surface area (Å²) in [5, 5.41) is 0. The average molecular weight is 282 g/mol. The van der Waals surface area contributed by atoms with Crippen molar-refractivity contribution in [3.63, 3.8) is 0 Å². The van der Waals surface area contributed by atoms with Crippen molar-refractivity contribution in [1.29, 1.82) is 0 Å². The van der Waals surface area contributed by atoms with Gasteiger partial charge in [0.2, 0.25) is 0 Å².